The lowest BCUT2D eigenvalue weighted by molar-refractivity contribution is 0.170. The van der Waals surface area contributed by atoms with Gasteiger partial charge in [0, 0.05) is 30.0 Å². The second-order valence-electron chi connectivity index (χ2n) is 11.6. The van der Waals surface area contributed by atoms with Gasteiger partial charge < -0.3 is 15.2 Å². The summed E-state index contributed by atoms with van der Waals surface area (Å²) in [6.07, 6.45) is 2.72. The van der Waals surface area contributed by atoms with Crippen LogP contribution in [0.2, 0.25) is 0 Å². The third-order valence-corrected chi connectivity index (χ3v) is 7.91. The highest BCUT2D eigenvalue weighted by Crippen LogP contribution is 2.36. The van der Waals surface area contributed by atoms with Crippen LogP contribution in [-0.2, 0) is 19.4 Å². The van der Waals surface area contributed by atoms with E-state index in [1.165, 1.54) is 27.8 Å². The topological polar surface area (TPSA) is 47.7 Å². The summed E-state index contributed by atoms with van der Waals surface area (Å²) in [5.41, 5.74) is 11.9. The summed E-state index contributed by atoms with van der Waals surface area (Å²) in [7, 11) is 0. The fourth-order valence-electron chi connectivity index (χ4n) is 5.68. The number of hydrogen-bond donors (Lipinski definition) is 1. The van der Waals surface area contributed by atoms with Crippen molar-refractivity contribution in [1.29, 1.82) is 0 Å². The Hall–Kier alpha value is -3.02. The molecule has 0 saturated carbocycles. The molecule has 0 unspecified atom stereocenters. The first-order valence-corrected chi connectivity index (χ1v) is 15.5. The van der Waals surface area contributed by atoms with Gasteiger partial charge in [-0.25, -0.2) is 0 Å². The minimum absolute atomic E-state index is 0. The average Bonchev–Trinajstić information content (AvgIpc) is 3.00. The van der Waals surface area contributed by atoms with Gasteiger partial charge in [-0.05, 0) is 94.1 Å². The minimum Gasteiger partial charge on any atom is -0.493 e. The summed E-state index contributed by atoms with van der Waals surface area (Å²) in [6.45, 7) is 12.0. The van der Waals surface area contributed by atoms with E-state index in [0.29, 0.717) is 31.8 Å². The highest BCUT2D eigenvalue weighted by atomic mass is 35.5. The quantitative estimate of drug-likeness (QED) is 0.133. The molecule has 0 heterocycles. The molecule has 0 aliphatic heterocycles. The number of ether oxygens (including phenoxy) is 2. The van der Waals surface area contributed by atoms with Crippen LogP contribution in [0.3, 0.4) is 0 Å². The molecule has 2 N–H and O–H groups in total. The van der Waals surface area contributed by atoms with Crippen LogP contribution in [0.25, 0.3) is 0 Å². The van der Waals surface area contributed by atoms with Crippen LogP contribution in [0, 0.1) is 0 Å². The number of benzene rings is 4. The average molecular weight is 638 g/mol. The van der Waals surface area contributed by atoms with Crippen LogP contribution in [0.4, 0.5) is 0 Å². The predicted molar refractivity (Wildman–Crippen MR) is 190 cm³/mol. The van der Waals surface area contributed by atoms with Gasteiger partial charge in [-0.2, -0.15) is 0 Å². The third-order valence-electron chi connectivity index (χ3n) is 7.91. The number of halogens is 2. The monoisotopic (exact) mass is 636 g/mol. The lowest BCUT2D eigenvalue weighted by atomic mass is 9.86. The SMILES string of the molecule is CC(C)N(CC[C@H](c1ccccc1)c1cc(CCOc2ccc(CCN)cc2)ccc1OCc1ccccc1)C(C)C.Cl.Cl. The van der Waals surface area contributed by atoms with E-state index in [2.05, 4.69) is 118 Å². The maximum atomic E-state index is 6.53. The molecule has 1 atom stereocenters. The van der Waals surface area contributed by atoms with E-state index in [1.807, 2.05) is 18.2 Å². The summed E-state index contributed by atoms with van der Waals surface area (Å²) >= 11 is 0. The zero-order chi connectivity index (χ0) is 29.7. The molecule has 0 saturated heterocycles. The summed E-state index contributed by atoms with van der Waals surface area (Å²) in [5.74, 6) is 2.06. The van der Waals surface area contributed by atoms with Crippen molar-refractivity contribution in [2.75, 3.05) is 19.7 Å². The molecule has 0 spiro atoms. The summed E-state index contributed by atoms with van der Waals surface area (Å²) in [6, 6.07) is 37.2. The second-order valence-corrected chi connectivity index (χ2v) is 11.6. The van der Waals surface area contributed by atoms with Crippen molar-refractivity contribution in [1.82, 2.24) is 4.90 Å². The number of hydrogen-bond acceptors (Lipinski definition) is 4. The molecule has 4 aromatic rings. The Labute approximate surface area is 277 Å². The lowest BCUT2D eigenvalue weighted by Crippen LogP contribution is -2.38. The Kier molecular flexibility index (Phi) is 16.4. The van der Waals surface area contributed by atoms with Gasteiger partial charge in [0.15, 0.2) is 0 Å². The van der Waals surface area contributed by atoms with Gasteiger partial charge in [-0.3, -0.25) is 4.90 Å². The summed E-state index contributed by atoms with van der Waals surface area (Å²) < 4.78 is 12.7. The van der Waals surface area contributed by atoms with Crippen molar-refractivity contribution in [2.45, 2.75) is 71.6 Å². The van der Waals surface area contributed by atoms with Crippen LogP contribution in [0.1, 0.15) is 67.9 Å². The Morgan fingerprint density at radius 1 is 0.659 bits per heavy atom. The van der Waals surface area contributed by atoms with E-state index in [0.717, 1.165) is 37.3 Å². The Morgan fingerprint density at radius 3 is 1.89 bits per heavy atom. The van der Waals surface area contributed by atoms with E-state index < -0.39 is 0 Å². The van der Waals surface area contributed by atoms with Crippen LogP contribution < -0.4 is 15.2 Å². The van der Waals surface area contributed by atoms with Crippen LogP contribution in [-0.4, -0.2) is 36.7 Å². The standard InChI is InChI=1S/C38H48N2O2.2ClH/c1-29(2)40(30(3)4)25-22-36(34-13-9-6-10-14-34)37-27-32(17-20-38(37)42-28-33-11-7-5-8-12-33)23-26-41-35-18-15-31(16-19-35)21-24-39;;/h5-20,27,29-30,36H,21-26,28,39H2,1-4H3;2*1H/t36-;;/m1../s1. The molecule has 4 nitrogen and oxygen atoms in total. The third kappa shape index (κ3) is 11.2. The molecular weight excluding hydrogens is 587 g/mol. The summed E-state index contributed by atoms with van der Waals surface area (Å²) in [5, 5.41) is 0. The Balaban J connectivity index is 0.00000337. The zero-order valence-electron chi connectivity index (χ0n) is 26.7. The van der Waals surface area contributed by atoms with Crippen molar-refractivity contribution < 1.29 is 9.47 Å². The van der Waals surface area contributed by atoms with E-state index >= 15 is 0 Å². The maximum Gasteiger partial charge on any atom is 0.123 e. The molecule has 4 rings (SSSR count). The normalized spacial score (nSPS) is 11.6. The van der Waals surface area contributed by atoms with Crippen molar-refractivity contribution in [3.63, 3.8) is 0 Å². The molecule has 0 bridgehead atoms. The number of rotatable bonds is 16. The molecule has 238 valence electrons. The first-order chi connectivity index (χ1) is 20.4. The highest BCUT2D eigenvalue weighted by molar-refractivity contribution is 5.85. The van der Waals surface area contributed by atoms with Gasteiger partial charge in [0.25, 0.3) is 0 Å². The molecule has 0 amide bonds. The number of nitrogens with zero attached hydrogens (tertiary/aromatic N) is 1. The zero-order valence-corrected chi connectivity index (χ0v) is 28.3. The van der Waals surface area contributed by atoms with Crippen LogP contribution in [0.5, 0.6) is 11.5 Å². The second kappa shape index (κ2) is 19.4. The molecule has 0 radical (unpaired) electrons. The van der Waals surface area contributed by atoms with Crippen molar-refractivity contribution in [2.24, 2.45) is 5.73 Å². The Morgan fingerprint density at radius 2 is 1.27 bits per heavy atom. The first kappa shape index (κ1) is 37.2. The van der Waals surface area contributed by atoms with Gasteiger partial charge >= 0.3 is 0 Å². The number of nitrogens with two attached hydrogens (primary N) is 1. The van der Waals surface area contributed by atoms with Gasteiger partial charge in [0.2, 0.25) is 0 Å². The fourth-order valence-corrected chi connectivity index (χ4v) is 5.68. The largest absolute Gasteiger partial charge is 0.493 e. The molecule has 4 aromatic carbocycles. The van der Waals surface area contributed by atoms with Crippen LogP contribution >= 0.6 is 24.8 Å². The van der Waals surface area contributed by atoms with Crippen molar-refractivity contribution >= 4 is 24.8 Å². The minimum atomic E-state index is 0. The fraction of sp³-hybridized carbons (Fsp3) is 0.368. The van der Waals surface area contributed by atoms with E-state index in [9.17, 15) is 0 Å². The Bertz CT molecular complexity index is 1320. The van der Waals surface area contributed by atoms with E-state index in [-0.39, 0.29) is 30.7 Å². The predicted octanol–water partition coefficient (Wildman–Crippen LogP) is 8.87. The van der Waals surface area contributed by atoms with Gasteiger partial charge in [-0.15, -0.1) is 24.8 Å². The maximum absolute atomic E-state index is 6.53. The lowest BCUT2D eigenvalue weighted by Gasteiger charge is -2.32. The van der Waals surface area contributed by atoms with E-state index in [1.54, 1.807) is 0 Å². The smallest absolute Gasteiger partial charge is 0.123 e. The van der Waals surface area contributed by atoms with Gasteiger partial charge in [-0.1, -0.05) is 84.9 Å². The first-order valence-electron chi connectivity index (χ1n) is 15.5. The molecule has 0 aliphatic carbocycles. The molecule has 0 aromatic heterocycles. The van der Waals surface area contributed by atoms with Crippen molar-refractivity contribution in [3.8, 4) is 11.5 Å². The molecular formula is C38H50Cl2N2O2. The molecule has 0 fully saturated rings. The van der Waals surface area contributed by atoms with Gasteiger partial charge in [0.1, 0.15) is 18.1 Å². The molecule has 6 heteroatoms. The van der Waals surface area contributed by atoms with Crippen LogP contribution in [0.15, 0.2) is 103 Å². The highest BCUT2D eigenvalue weighted by Gasteiger charge is 2.22. The molecule has 0 aliphatic rings. The van der Waals surface area contributed by atoms with E-state index in [4.69, 9.17) is 15.2 Å². The van der Waals surface area contributed by atoms with Gasteiger partial charge in [0.05, 0.1) is 6.61 Å². The summed E-state index contributed by atoms with van der Waals surface area (Å²) in [4.78, 5) is 2.58. The molecule has 44 heavy (non-hydrogen) atoms. The van der Waals surface area contributed by atoms with Crippen molar-refractivity contribution in [3.05, 3.63) is 131 Å².